The largest absolute Gasteiger partial charge is 0.326 e. The van der Waals surface area contributed by atoms with Gasteiger partial charge < -0.3 is 5.32 Å². The van der Waals surface area contributed by atoms with Gasteiger partial charge in [0.05, 0.1) is 4.90 Å². The molecular formula is C21H23FN2O4S. The summed E-state index contributed by atoms with van der Waals surface area (Å²) in [5.74, 6) is -1.10. The molecule has 1 fully saturated rings. The molecule has 2 aromatic rings. The Hall–Kier alpha value is -2.58. The monoisotopic (exact) mass is 418 g/mol. The first-order chi connectivity index (χ1) is 13.7. The fourth-order valence-corrected chi connectivity index (χ4v) is 4.75. The van der Waals surface area contributed by atoms with Gasteiger partial charge in [-0.1, -0.05) is 18.2 Å². The van der Waals surface area contributed by atoms with Crippen molar-refractivity contribution in [2.24, 2.45) is 5.92 Å². The Morgan fingerprint density at radius 3 is 2.24 bits per heavy atom. The van der Waals surface area contributed by atoms with E-state index in [1.54, 1.807) is 19.1 Å². The highest BCUT2D eigenvalue weighted by molar-refractivity contribution is 7.89. The summed E-state index contributed by atoms with van der Waals surface area (Å²) in [6.45, 7) is 3.50. The number of aryl methyl sites for hydroxylation is 1. The van der Waals surface area contributed by atoms with Gasteiger partial charge in [-0.05, 0) is 56.5 Å². The van der Waals surface area contributed by atoms with E-state index in [4.69, 9.17) is 0 Å². The van der Waals surface area contributed by atoms with Gasteiger partial charge in [-0.3, -0.25) is 9.59 Å². The van der Waals surface area contributed by atoms with Crippen LogP contribution in [-0.2, 0) is 14.8 Å². The topological polar surface area (TPSA) is 83.6 Å². The zero-order chi connectivity index (χ0) is 21.2. The molecule has 0 aliphatic carbocycles. The third-order valence-corrected chi connectivity index (χ3v) is 7.08. The number of amides is 1. The first kappa shape index (κ1) is 21.1. The van der Waals surface area contributed by atoms with E-state index < -0.39 is 10.0 Å². The molecule has 1 amide bonds. The second-order valence-corrected chi connectivity index (χ2v) is 9.15. The molecule has 0 unspecified atom stereocenters. The van der Waals surface area contributed by atoms with Gasteiger partial charge in [-0.2, -0.15) is 4.31 Å². The lowest BCUT2D eigenvalue weighted by atomic mass is 9.97. The zero-order valence-electron chi connectivity index (χ0n) is 16.3. The van der Waals surface area contributed by atoms with Crippen LogP contribution in [0.4, 0.5) is 10.1 Å². The van der Waals surface area contributed by atoms with Crippen LogP contribution >= 0.6 is 0 Å². The van der Waals surface area contributed by atoms with Crippen molar-refractivity contribution >= 4 is 27.4 Å². The van der Waals surface area contributed by atoms with Crippen LogP contribution in [0.15, 0.2) is 47.4 Å². The number of hydrogen-bond acceptors (Lipinski definition) is 4. The lowest BCUT2D eigenvalue weighted by Gasteiger charge is -2.30. The third kappa shape index (κ3) is 4.71. The molecule has 2 aromatic carbocycles. The number of anilines is 1. The summed E-state index contributed by atoms with van der Waals surface area (Å²) >= 11 is 0. The van der Waals surface area contributed by atoms with E-state index in [0.29, 0.717) is 29.7 Å². The summed E-state index contributed by atoms with van der Waals surface area (Å²) in [6, 6.07) is 10.4. The summed E-state index contributed by atoms with van der Waals surface area (Å²) in [5, 5.41) is 2.70. The number of sulfonamides is 1. The summed E-state index contributed by atoms with van der Waals surface area (Å²) in [7, 11) is -3.68. The third-order valence-electron chi connectivity index (χ3n) is 5.16. The molecule has 0 radical (unpaired) electrons. The first-order valence-corrected chi connectivity index (χ1v) is 10.8. The first-order valence-electron chi connectivity index (χ1n) is 9.36. The number of nitrogens with zero attached hydrogens (tertiary/aromatic N) is 1. The maximum Gasteiger partial charge on any atom is 0.243 e. The lowest BCUT2D eigenvalue weighted by Crippen LogP contribution is -2.41. The predicted octanol–water partition coefficient (Wildman–Crippen LogP) is 3.38. The van der Waals surface area contributed by atoms with Gasteiger partial charge in [0.15, 0.2) is 5.78 Å². The number of rotatable bonds is 5. The zero-order valence-corrected chi connectivity index (χ0v) is 17.1. The minimum absolute atomic E-state index is 0.125. The highest BCUT2D eigenvalue weighted by atomic mass is 32.2. The van der Waals surface area contributed by atoms with Crippen molar-refractivity contribution in [2.75, 3.05) is 18.4 Å². The van der Waals surface area contributed by atoms with E-state index in [9.17, 15) is 22.4 Å². The van der Waals surface area contributed by atoms with E-state index in [0.717, 1.165) is 0 Å². The summed E-state index contributed by atoms with van der Waals surface area (Å²) in [6.07, 6.45) is 0.760. The lowest BCUT2D eigenvalue weighted by molar-refractivity contribution is -0.120. The molecule has 0 spiro atoms. The smallest absolute Gasteiger partial charge is 0.243 e. The molecule has 0 bridgehead atoms. The molecule has 6 nitrogen and oxygen atoms in total. The van der Waals surface area contributed by atoms with E-state index >= 15 is 0 Å². The Kier molecular flexibility index (Phi) is 6.14. The minimum atomic E-state index is -3.68. The van der Waals surface area contributed by atoms with Gasteiger partial charge in [0, 0.05) is 30.3 Å². The number of nitrogens with one attached hydrogen (secondary N) is 1. The quantitative estimate of drug-likeness (QED) is 0.755. The second-order valence-electron chi connectivity index (χ2n) is 7.21. The van der Waals surface area contributed by atoms with Gasteiger partial charge in [0.25, 0.3) is 0 Å². The normalized spacial score (nSPS) is 15.8. The number of piperidine rings is 1. The van der Waals surface area contributed by atoms with Crippen LogP contribution in [0.1, 0.15) is 35.7 Å². The molecule has 3 rings (SSSR count). The van der Waals surface area contributed by atoms with Gasteiger partial charge in [0.2, 0.25) is 15.9 Å². The number of halogens is 1. The summed E-state index contributed by atoms with van der Waals surface area (Å²) < 4.78 is 40.6. The van der Waals surface area contributed by atoms with Crippen molar-refractivity contribution in [3.63, 3.8) is 0 Å². The molecule has 1 saturated heterocycles. The molecule has 1 aliphatic heterocycles. The molecule has 1 aliphatic rings. The van der Waals surface area contributed by atoms with Crippen LogP contribution in [-0.4, -0.2) is 37.5 Å². The van der Waals surface area contributed by atoms with Gasteiger partial charge in [-0.25, -0.2) is 12.8 Å². The van der Waals surface area contributed by atoms with Crippen LogP contribution in [0.2, 0.25) is 0 Å². The Bertz CT molecular complexity index is 1030. The van der Waals surface area contributed by atoms with Crippen molar-refractivity contribution in [3.05, 3.63) is 59.4 Å². The van der Waals surface area contributed by atoms with Crippen LogP contribution in [0.5, 0.6) is 0 Å². The SMILES string of the molecule is CC(=O)c1ccc(S(=O)(=O)N2CCC(C(=O)Nc3ccc(C)c(F)c3)CC2)cc1. The van der Waals surface area contributed by atoms with Crippen molar-refractivity contribution in [2.45, 2.75) is 31.6 Å². The van der Waals surface area contributed by atoms with Gasteiger partial charge in [-0.15, -0.1) is 0 Å². The van der Waals surface area contributed by atoms with Gasteiger partial charge >= 0.3 is 0 Å². The maximum absolute atomic E-state index is 13.6. The molecule has 0 aromatic heterocycles. The van der Waals surface area contributed by atoms with E-state index in [2.05, 4.69) is 5.32 Å². The number of carbonyl (C=O) groups is 2. The van der Waals surface area contributed by atoms with Crippen LogP contribution in [0, 0.1) is 18.7 Å². The Morgan fingerprint density at radius 2 is 1.69 bits per heavy atom. The van der Waals surface area contributed by atoms with Gasteiger partial charge in [0.1, 0.15) is 5.82 Å². The number of Topliss-reactive ketones (excluding diaryl/α,β-unsaturated/α-hetero) is 1. The predicted molar refractivity (Wildman–Crippen MR) is 108 cm³/mol. The molecular weight excluding hydrogens is 395 g/mol. The molecule has 29 heavy (non-hydrogen) atoms. The molecule has 0 saturated carbocycles. The highest BCUT2D eigenvalue weighted by Gasteiger charge is 2.32. The van der Waals surface area contributed by atoms with Crippen molar-refractivity contribution in [1.82, 2.24) is 4.31 Å². The molecule has 154 valence electrons. The van der Waals surface area contributed by atoms with E-state index in [1.807, 2.05) is 0 Å². The van der Waals surface area contributed by atoms with Crippen LogP contribution in [0.3, 0.4) is 0 Å². The van der Waals surface area contributed by atoms with E-state index in [-0.39, 0.29) is 41.4 Å². The average Bonchev–Trinajstić information content (AvgIpc) is 2.71. The molecule has 1 heterocycles. The Balaban J connectivity index is 1.62. The minimum Gasteiger partial charge on any atom is -0.326 e. The molecule has 0 atom stereocenters. The standard InChI is InChI=1S/C21H23FN2O4S/c1-14-3-6-18(13-20(14)22)23-21(26)17-9-11-24(12-10-17)29(27,28)19-7-4-16(5-8-19)15(2)25/h3-8,13,17H,9-12H2,1-2H3,(H,23,26). The number of ketones is 1. The van der Waals surface area contributed by atoms with Crippen LogP contribution in [0.25, 0.3) is 0 Å². The van der Waals surface area contributed by atoms with Crippen molar-refractivity contribution in [1.29, 1.82) is 0 Å². The maximum atomic E-state index is 13.6. The highest BCUT2D eigenvalue weighted by Crippen LogP contribution is 2.25. The summed E-state index contributed by atoms with van der Waals surface area (Å²) in [5.41, 5.74) is 1.34. The van der Waals surface area contributed by atoms with Crippen molar-refractivity contribution < 1.29 is 22.4 Å². The molecule has 8 heteroatoms. The van der Waals surface area contributed by atoms with Crippen LogP contribution < -0.4 is 5.32 Å². The summed E-state index contributed by atoms with van der Waals surface area (Å²) in [4.78, 5) is 23.9. The van der Waals surface area contributed by atoms with E-state index in [1.165, 1.54) is 41.6 Å². The molecule has 1 N–H and O–H groups in total. The second kappa shape index (κ2) is 8.42. The number of hydrogen-bond donors (Lipinski definition) is 1. The fourth-order valence-electron chi connectivity index (χ4n) is 3.28. The van der Waals surface area contributed by atoms with Crippen molar-refractivity contribution in [3.8, 4) is 0 Å². The fraction of sp³-hybridized carbons (Fsp3) is 0.333. The Morgan fingerprint density at radius 1 is 1.07 bits per heavy atom. The number of carbonyl (C=O) groups excluding carboxylic acids is 2. The Labute approximate surface area is 169 Å². The average molecular weight is 418 g/mol. The number of benzene rings is 2.